The Morgan fingerprint density at radius 2 is 1.81 bits per heavy atom. The average Bonchev–Trinajstić information content (AvgIpc) is 2.54. The predicted octanol–water partition coefficient (Wildman–Crippen LogP) is 2.71. The summed E-state index contributed by atoms with van der Waals surface area (Å²) >= 11 is 0. The highest BCUT2D eigenvalue weighted by Crippen LogP contribution is 2.29. The van der Waals surface area contributed by atoms with Gasteiger partial charge in [0.15, 0.2) is 0 Å². The van der Waals surface area contributed by atoms with E-state index in [-0.39, 0.29) is 23.4 Å². The molecule has 0 saturated carbocycles. The third kappa shape index (κ3) is 3.15. The Kier molecular flexibility index (Phi) is 4.46. The highest BCUT2D eigenvalue weighted by molar-refractivity contribution is 6.16. The average molecular weight is 287 g/mol. The first kappa shape index (κ1) is 15.3. The van der Waals surface area contributed by atoms with Gasteiger partial charge in [0.05, 0.1) is 6.04 Å². The van der Waals surface area contributed by atoms with Crippen LogP contribution in [-0.4, -0.2) is 29.9 Å². The molecule has 1 saturated heterocycles. The fourth-order valence-corrected chi connectivity index (χ4v) is 2.40. The molecule has 1 aromatic carbocycles. The molecule has 4 heteroatoms. The van der Waals surface area contributed by atoms with Crippen LogP contribution in [0, 0.1) is 5.92 Å². The van der Waals surface area contributed by atoms with Gasteiger partial charge in [0.2, 0.25) is 0 Å². The Morgan fingerprint density at radius 3 is 2.38 bits per heavy atom. The summed E-state index contributed by atoms with van der Waals surface area (Å²) in [4.78, 5) is 26.3. The second kappa shape index (κ2) is 6.12. The van der Waals surface area contributed by atoms with Crippen molar-refractivity contribution in [2.75, 3.05) is 7.05 Å². The topological polar surface area (TPSA) is 46.6 Å². The maximum absolute atomic E-state index is 12.4. The van der Waals surface area contributed by atoms with E-state index < -0.39 is 12.1 Å². The summed E-state index contributed by atoms with van der Waals surface area (Å²) in [6.45, 7) is 5.74. The first-order valence-electron chi connectivity index (χ1n) is 7.16. The summed E-state index contributed by atoms with van der Waals surface area (Å²) in [5, 5.41) is 0. The Labute approximate surface area is 125 Å². The highest BCUT2D eigenvalue weighted by atomic mass is 16.5. The fraction of sp³-hybridized carbons (Fsp3) is 0.412. The molecule has 0 aliphatic carbocycles. The van der Waals surface area contributed by atoms with E-state index in [1.54, 1.807) is 18.0 Å². The third-order valence-corrected chi connectivity index (χ3v) is 3.68. The highest BCUT2D eigenvalue weighted by Gasteiger charge is 2.37. The lowest BCUT2D eigenvalue weighted by Crippen LogP contribution is -2.37. The Bertz CT molecular complexity index is 563. The first-order valence-corrected chi connectivity index (χ1v) is 7.16. The van der Waals surface area contributed by atoms with Crippen molar-refractivity contribution in [2.45, 2.75) is 32.9 Å². The van der Waals surface area contributed by atoms with Gasteiger partial charge in [0.25, 0.3) is 5.91 Å². The van der Waals surface area contributed by atoms with Crippen molar-refractivity contribution >= 4 is 11.9 Å². The minimum absolute atomic E-state index is 0.105. The molecule has 1 amide bonds. The van der Waals surface area contributed by atoms with Crippen molar-refractivity contribution in [1.29, 1.82) is 0 Å². The van der Waals surface area contributed by atoms with E-state index in [1.165, 1.54) is 0 Å². The summed E-state index contributed by atoms with van der Waals surface area (Å²) in [5.41, 5.74) is 1.02. The molecular weight excluding hydrogens is 266 g/mol. The molecule has 1 aliphatic heterocycles. The number of ether oxygens (including phenoxy) is 1. The van der Waals surface area contributed by atoms with E-state index in [0.29, 0.717) is 0 Å². The van der Waals surface area contributed by atoms with E-state index in [1.807, 2.05) is 51.1 Å². The smallest absolute Gasteiger partial charge is 0.344 e. The molecule has 0 radical (unpaired) electrons. The Morgan fingerprint density at radius 1 is 1.19 bits per heavy atom. The van der Waals surface area contributed by atoms with E-state index in [4.69, 9.17) is 4.74 Å². The number of rotatable bonds is 2. The Balaban J connectivity index is 2.41. The standard InChI is InChI=1S/C17H21NO3/c1-11(2)10-14-16(19)18(4)12(3)15(21-17(14)20)13-8-6-5-7-9-13/h5-12,15H,1-4H3/b14-10-/t12-,15-/m0/s1. The lowest BCUT2D eigenvalue weighted by Gasteiger charge is -2.28. The maximum Gasteiger partial charge on any atom is 0.344 e. The molecule has 1 heterocycles. The molecule has 4 nitrogen and oxygen atoms in total. The van der Waals surface area contributed by atoms with Gasteiger partial charge >= 0.3 is 5.97 Å². The van der Waals surface area contributed by atoms with Gasteiger partial charge in [-0.25, -0.2) is 4.79 Å². The van der Waals surface area contributed by atoms with Crippen LogP contribution >= 0.6 is 0 Å². The fourth-order valence-electron chi connectivity index (χ4n) is 2.40. The molecule has 0 unspecified atom stereocenters. The summed E-state index contributed by atoms with van der Waals surface area (Å²) in [6, 6.07) is 9.29. The molecule has 1 fully saturated rings. The van der Waals surface area contributed by atoms with Gasteiger partial charge in [-0.2, -0.15) is 0 Å². The van der Waals surface area contributed by atoms with Crippen LogP contribution in [0.25, 0.3) is 0 Å². The lowest BCUT2D eigenvalue weighted by molar-refractivity contribution is -0.145. The second-order valence-electron chi connectivity index (χ2n) is 5.72. The van der Waals surface area contributed by atoms with E-state index in [9.17, 15) is 9.59 Å². The predicted molar refractivity (Wildman–Crippen MR) is 80.4 cm³/mol. The summed E-state index contributed by atoms with van der Waals surface area (Å²) < 4.78 is 5.59. The molecule has 2 atom stereocenters. The van der Waals surface area contributed by atoms with Gasteiger partial charge in [-0.15, -0.1) is 0 Å². The van der Waals surface area contributed by atoms with Crippen LogP contribution in [0.5, 0.6) is 0 Å². The molecule has 0 spiro atoms. The summed E-state index contributed by atoms with van der Waals surface area (Å²) in [6.07, 6.45) is 1.21. The van der Waals surface area contributed by atoms with Gasteiger partial charge in [-0.3, -0.25) is 4.79 Å². The molecule has 2 rings (SSSR count). The zero-order valence-electron chi connectivity index (χ0n) is 12.9. The largest absolute Gasteiger partial charge is 0.452 e. The van der Waals surface area contributed by atoms with E-state index >= 15 is 0 Å². The molecule has 1 aromatic rings. The van der Waals surface area contributed by atoms with Gasteiger partial charge in [-0.1, -0.05) is 50.3 Å². The van der Waals surface area contributed by atoms with Gasteiger partial charge in [-0.05, 0) is 18.4 Å². The van der Waals surface area contributed by atoms with Gasteiger partial charge in [0.1, 0.15) is 11.7 Å². The minimum atomic E-state index is -0.543. The number of likely N-dealkylation sites (N-methyl/N-ethyl adjacent to an activating group) is 1. The van der Waals surface area contributed by atoms with Crippen molar-refractivity contribution in [3.8, 4) is 0 Å². The number of allylic oxidation sites excluding steroid dienone is 1. The minimum Gasteiger partial charge on any atom is -0.452 e. The number of cyclic esters (lactones) is 1. The third-order valence-electron chi connectivity index (χ3n) is 3.68. The van der Waals surface area contributed by atoms with Crippen LogP contribution in [0.3, 0.4) is 0 Å². The van der Waals surface area contributed by atoms with Crippen LogP contribution in [-0.2, 0) is 14.3 Å². The number of benzene rings is 1. The molecule has 0 bridgehead atoms. The number of amides is 1. The van der Waals surface area contributed by atoms with Crippen molar-refractivity contribution in [1.82, 2.24) is 4.90 Å². The lowest BCUT2D eigenvalue weighted by atomic mass is 10.0. The van der Waals surface area contributed by atoms with Crippen molar-refractivity contribution in [3.63, 3.8) is 0 Å². The van der Waals surface area contributed by atoms with Crippen molar-refractivity contribution in [3.05, 3.63) is 47.5 Å². The van der Waals surface area contributed by atoms with Crippen LogP contribution in [0.2, 0.25) is 0 Å². The SMILES string of the molecule is CC(C)/C=C1\C(=O)O[C@H](c2ccccc2)[C@H](C)N(C)C1=O. The zero-order valence-corrected chi connectivity index (χ0v) is 12.9. The normalized spacial score (nSPS) is 25.2. The second-order valence-corrected chi connectivity index (χ2v) is 5.72. The van der Waals surface area contributed by atoms with E-state index in [0.717, 1.165) is 5.56 Å². The number of carbonyl (C=O) groups is 2. The number of hydrogen-bond acceptors (Lipinski definition) is 3. The number of esters is 1. The summed E-state index contributed by atoms with van der Waals surface area (Å²) in [7, 11) is 1.71. The van der Waals surface area contributed by atoms with Crippen LogP contribution < -0.4 is 0 Å². The molecule has 112 valence electrons. The van der Waals surface area contributed by atoms with Gasteiger partial charge in [0, 0.05) is 7.05 Å². The maximum atomic E-state index is 12.4. The van der Waals surface area contributed by atoms with Crippen LogP contribution in [0.15, 0.2) is 42.0 Å². The molecule has 21 heavy (non-hydrogen) atoms. The Hall–Kier alpha value is -2.10. The molecule has 0 aromatic heterocycles. The first-order chi connectivity index (χ1) is 9.91. The zero-order chi connectivity index (χ0) is 15.6. The molecule has 0 N–H and O–H groups in total. The number of hydrogen-bond donors (Lipinski definition) is 0. The molecular formula is C17H21NO3. The van der Waals surface area contributed by atoms with Crippen LogP contribution in [0.1, 0.15) is 32.4 Å². The van der Waals surface area contributed by atoms with Crippen molar-refractivity contribution in [2.24, 2.45) is 5.92 Å². The van der Waals surface area contributed by atoms with Crippen LogP contribution in [0.4, 0.5) is 0 Å². The van der Waals surface area contributed by atoms with Gasteiger partial charge < -0.3 is 9.64 Å². The van der Waals surface area contributed by atoms with E-state index in [2.05, 4.69) is 0 Å². The van der Waals surface area contributed by atoms with Crippen molar-refractivity contribution < 1.29 is 14.3 Å². The summed E-state index contributed by atoms with van der Waals surface area (Å²) in [5.74, 6) is -0.716. The molecule has 1 aliphatic rings. The monoisotopic (exact) mass is 287 g/mol. The number of nitrogens with zero attached hydrogens (tertiary/aromatic N) is 1. The quantitative estimate of drug-likeness (QED) is 0.477. The number of carbonyl (C=O) groups excluding carboxylic acids is 2.